The molecule has 1 heterocycles. The molecule has 5 nitrogen and oxygen atoms in total. The highest BCUT2D eigenvalue weighted by atomic mass is 32.2. The van der Waals surface area contributed by atoms with E-state index in [2.05, 4.69) is 9.99 Å². The fourth-order valence-electron chi connectivity index (χ4n) is 3.33. The molecule has 0 aromatic heterocycles. The number of carbonyl (C=O) groups is 1. The van der Waals surface area contributed by atoms with E-state index < -0.39 is 15.1 Å². The van der Waals surface area contributed by atoms with Crippen molar-refractivity contribution in [3.05, 3.63) is 35.4 Å². The molecule has 2 aliphatic rings. The maximum absolute atomic E-state index is 12.1. The van der Waals surface area contributed by atoms with E-state index in [0.29, 0.717) is 12.8 Å². The van der Waals surface area contributed by atoms with Crippen LogP contribution >= 0.6 is 0 Å². The Morgan fingerprint density at radius 3 is 2.77 bits per heavy atom. The summed E-state index contributed by atoms with van der Waals surface area (Å²) in [4.78, 5) is 15.6. The molecular weight excluding hydrogens is 302 g/mol. The maximum Gasteiger partial charge on any atom is 0.340 e. The summed E-state index contributed by atoms with van der Waals surface area (Å²) in [6, 6.07) is 7.78. The highest BCUT2D eigenvalue weighted by molar-refractivity contribution is 7.90. The molecule has 118 valence electrons. The Hall–Kier alpha value is -1.69. The number of hydrogen-bond donors (Lipinski definition) is 0. The second-order valence-electron chi connectivity index (χ2n) is 6.16. The summed E-state index contributed by atoms with van der Waals surface area (Å²) in [6.07, 6.45) is 4.61. The third-order valence-corrected chi connectivity index (χ3v) is 5.92. The molecular formula is C16H19NO4S. The molecule has 1 aliphatic heterocycles. The van der Waals surface area contributed by atoms with Crippen LogP contribution in [0.1, 0.15) is 42.1 Å². The highest BCUT2D eigenvalue weighted by Crippen LogP contribution is 2.39. The number of carbonyl (C=O) groups excluding carboxylic acids is 1. The van der Waals surface area contributed by atoms with E-state index in [4.69, 9.17) is 0 Å². The molecule has 0 fully saturated rings. The van der Waals surface area contributed by atoms with Gasteiger partial charge in [0.1, 0.15) is 0 Å². The molecule has 0 N–H and O–H groups in total. The van der Waals surface area contributed by atoms with Gasteiger partial charge in [-0.2, -0.15) is 0 Å². The predicted molar refractivity (Wildman–Crippen MR) is 83.2 cm³/mol. The van der Waals surface area contributed by atoms with E-state index in [1.54, 1.807) is 0 Å². The van der Waals surface area contributed by atoms with Crippen LogP contribution in [0.4, 0.5) is 0 Å². The summed E-state index contributed by atoms with van der Waals surface area (Å²) in [5.41, 5.74) is 2.83. The van der Waals surface area contributed by atoms with Gasteiger partial charge in [-0.15, -0.1) is 0 Å². The Morgan fingerprint density at radius 1 is 1.32 bits per heavy atom. The molecule has 1 aromatic rings. The fraction of sp³-hybridized carbons (Fsp3) is 0.500. The molecule has 6 heteroatoms. The smallest absolute Gasteiger partial charge is 0.318 e. The van der Waals surface area contributed by atoms with Crippen molar-refractivity contribution in [1.29, 1.82) is 0 Å². The second kappa shape index (κ2) is 5.83. The van der Waals surface area contributed by atoms with Gasteiger partial charge < -0.3 is 4.84 Å². The van der Waals surface area contributed by atoms with E-state index in [0.717, 1.165) is 29.7 Å². The van der Waals surface area contributed by atoms with Crippen LogP contribution in [0.25, 0.3) is 0 Å². The summed E-state index contributed by atoms with van der Waals surface area (Å²) in [5, 5.41) is 3.34. The van der Waals surface area contributed by atoms with Gasteiger partial charge in [-0.1, -0.05) is 29.4 Å². The van der Waals surface area contributed by atoms with Crippen LogP contribution in [0.15, 0.2) is 29.4 Å². The van der Waals surface area contributed by atoms with Gasteiger partial charge in [0.25, 0.3) is 0 Å². The minimum atomic E-state index is -3.13. The normalized spacial score (nSPS) is 24.6. The average molecular weight is 321 g/mol. The summed E-state index contributed by atoms with van der Waals surface area (Å²) in [7, 11) is -3.13. The zero-order valence-electron chi connectivity index (χ0n) is 12.5. The Balaban J connectivity index is 1.74. The lowest BCUT2D eigenvalue weighted by Crippen LogP contribution is -2.24. The van der Waals surface area contributed by atoms with Crippen LogP contribution in [0, 0.1) is 5.92 Å². The third kappa shape index (κ3) is 3.21. The number of nitrogens with zero attached hydrogens (tertiary/aromatic N) is 1. The standard InChI is InChI=1S/C16H19NO4S/c1-22(19,20)15-9-11(6-7-13-10-16(18)21-17-13)8-12-4-2-3-5-14(12)15/h2-5,11,15H,6-10H2,1H3/t11-,15?/m1/s1. The van der Waals surface area contributed by atoms with Crippen LogP contribution in [0.5, 0.6) is 0 Å². The van der Waals surface area contributed by atoms with E-state index in [-0.39, 0.29) is 18.3 Å². The van der Waals surface area contributed by atoms with Crippen molar-refractivity contribution >= 4 is 21.5 Å². The van der Waals surface area contributed by atoms with Crippen LogP contribution < -0.4 is 0 Å². The molecule has 0 bridgehead atoms. The van der Waals surface area contributed by atoms with Crippen molar-refractivity contribution in [2.24, 2.45) is 11.1 Å². The second-order valence-corrected chi connectivity index (χ2v) is 8.39. The molecule has 0 saturated heterocycles. The number of oxime groups is 1. The quantitative estimate of drug-likeness (QED) is 0.798. The van der Waals surface area contributed by atoms with Crippen molar-refractivity contribution < 1.29 is 18.0 Å². The van der Waals surface area contributed by atoms with Gasteiger partial charge in [0.2, 0.25) is 0 Å². The molecule has 0 saturated carbocycles. The van der Waals surface area contributed by atoms with Gasteiger partial charge in [0.15, 0.2) is 9.84 Å². The van der Waals surface area contributed by atoms with Gasteiger partial charge in [-0.3, -0.25) is 0 Å². The first-order valence-corrected chi connectivity index (χ1v) is 9.41. The monoisotopic (exact) mass is 321 g/mol. The number of rotatable bonds is 4. The molecule has 0 spiro atoms. The Morgan fingerprint density at radius 2 is 2.09 bits per heavy atom. The average Bonchev–Trinajstić information content (AvgIpc) is 2.89. The van der Waals surface area contributed by atoms with Crippen molar-refractivity contribution in [1.82, 2.24) is 0 Å². The Kier molecular flexibility index (Phi) is 4.04. The van der Waals surface area contributed by atoms with Crippen molar-refractivity contribution in [3.63, 3.8) is 0 Å². The molecule has 2 atom stereocenters. The van der Waals surface area contributed by atoms with E-state index in [9.17, 15) is 13.2 Å². The number of fused-ring (bicyclic) bond motifs is 1. The molecule has 22 heavy (non-hydrogen) atoms. The lowest BCUT2D eigenvalue weighted by molar-refractivity contribution is -0.140. The number of sulfone groups is 1. The van der Waals surface area contributed by atoms with Gasteiger partial charge in [0.05, 0.1) is 17.4 Å². The molecule has 1 aliphatic carbocycles. The third-order valence-electron chi connectivity index (χ3n) is 4.44. The summed E-state index contributed by atoms with van der Waals surface area (Å²) < 4.78 is 24.2. The van der Waals surface area contributed by atoms with E-state index in [1.807, 2.05) is 24.3 Å². The summed E-state index contributed by atoms with van der Waals surface area (Å²) in [6.45, 7) is 0. The Labute approximate surface area is 130 Å². The molecule has 0 amide bonds. The van der Waals surface area contributed by atoms with Gasteiger partial charge in [-0.25, -0.2) is 13.2 Å². The summed E-state index contributed by atoms with van der Waals surface area (Å²) in [5.74, 6) is -0.0222. The van der Waals surface area contributed by atoms with Crippen LogP contribution in [0.3, 0.4) is 0 Å². The molecule has 3 rings (SSSR count). The largest absolute Gasteiger partial charge is 0.340 e. The zero-order chi connectivity index (χ0) is 15.7. The van der Waals surface area contributed by atoms with Crippen molar-refractivity contribution in [2.45, 2.75) is 37.4 Å². The Bertz CT molecular complexity index is 723. The number of benzene rings is 1. The van der Waals surface area contributed by atoms with Gasteiger partial charge >= 0.3 is 5.97 Å². The molecule has 0 radical (unpaired) electrons. The van der Waals surface area contributed by atoms with Crippen molar-refractivity contribution in [3.8, 4) is 0 Å². The zero-order valence-corrected chi connectivity index (χ0v) is 13.3. The van der Waals surface area contributed by atoms with E-state index in [1.165, 1.54) is 6.26 Å². The molecule has 1 unspecified atom stereocenters. The SMILES string of the molecule is CS(=O)(=O)C1C[C@H](CCC2=NOC(=O)C2)Cc2ccccc21. The highest BCUT2D eigenvalue weighted by Gasteiger charge is 2.33. The topological polar surface area (TPSA) is 72.8 Å². The first kappa shape index (κ1) is 15.2. The summed E-state index contributed by atoms with van der Waals surface area (Å²) >= 11 is 0. The first-order chi connectivity index (χ1) is 10.4. The van der Waals surface area contributed by atoms with Crippen LogP contribution in [-0.4, -0.2) is 26.4 Å². The minimum absolute atomic E-state index is 0.263. The van der Waals surface area contributed by atoms with Gasteiger partial charge in [-0.05, 0) is 42.7 Å². The molecule has 1 aromatic carbocycles. The lowest BCUT2D eigenvalue weighted by atomic mass is 9.81. The first-order valence-electron chi connectivity index (χ1n) is 7.45. The maximum atomic E-state index is 12.1. The minimum Gasteiger partial charge on any atom is -0.318 e. The van der Waals surface area contributed by atoms with Crippen LogP contribution in [-0.2, 0) is 25.9 Å². The number of hydrogen-bond acceptors (Lipinski definition) is 5. The van der Waals surface area contributed by atoms with Crippen LogP contribution in [0.2, 0.25) is 0 Å². The lowest BCUT2D eigenvalue weighted by Gasteiger charge is -2.30. The van der Waals surface area contributed by atoms with Crippen molar-refractivity contribution in [2.75, 3.05) is 6.26 Å². The van der Waals surface area contributed by atoms with E-state index >= 15 is 0 Å². The van der Waals surface area contributed by atoms with Gasteiger partial charge in [0, 0.05) is 6.26 Å². The fourth-order valence-corrected chi connectivity index (χ4v) is 4.65. The predicted octanol–water partition coefficient (Wildman–Crippen LogP) is 2.42.